The molecule has 6 heteroatoms. The number of amides is 1. The topological polar surface area (TPSA) is 61.4 Å². The molecule has 2 heterocycles. The molecule has 1 aromatic rings. The molecule has 0 bridgehead atoms. The molecule has 1 N–H and O–H groups in total. The van der Waals surface area contributed by atoms with Gasteiger partial charge in [-0.2, -0.15) is 0 Å². The zero-order valence-electron chi connectivity index (χ0n) is 11.8. The van der Waals surface area contributed by atoms with Gasteiger partial charge in [-0.1, -0.05) is 0 Å². The highest BCUT2D eigenvalue weighted by Gasteiger charge is 2.22. The van der Waals surface area contributed by atoms with E-state index < -0.39 is 0 Å². The first-order chi connectivity index (χ1) is 9.08. The van der Waals surface area contributed by atoms with Crippen LogP contribution in [0.25, 0.3) is 0 Å². The fourth-order valence-corrected chi connectivity index (χ4v) is 2.33. The maximum absolute atomic E-state index is 11.4. The van der Waals surface area contributed by atoms with E-state index in [0.29, 0.717) is 0 Å². The summed E-state index contributed by atoms with van der Waals surface area (Å²) >= 11 is 0. The molecule has 0 aliphatic carbocycles. The highest BCUT2D eigenvalue weighted by atomic mass is 16.2. The normalized spacial score (nSPS) is 19.1. The lowest BCUT2D eigenvalue weighted by Gasteiger charge is -2.33. The van der Waals surface area contributed by atoms with Gasteiger partial charge in [0.25, 0.3) is 0 Å². The predicted octanol–water partition coefficient (Wildman–Crippen LogP) is 0.965. The fourth-order valence-electron chi connectivity index (χ4n) is 2.33. The number of likely N-dealkylation sites (tertiary alicyclic amines) is 1. The minimum atomic E-state index is 0.137. The van der Waals surface area contributed by atoms with Gasteiger partial charge in [0.2, 0.25) is 5.91 Å². The molecule has 1 unspecified atom stereocenters. The maximum Gasteiger partial charge on any atom is 0.219 e. The van der Waals surface area contributed by atoms with Gasteiger partial charge in [0, 0.05) is 52.5 Å². The van der Waals surface area contributed by atoms with Crippen molar-refractivity contribution < 1.29 is 4.79 Å². The summed E-state index contributed by atoms with van der Waals surface area (Å²) in [4.78, 5) is 23.9. The van der Waals surface area contributed by atoms with Crippen LogP contribution in [0.2, 0.25) is 0 Å². The third-order valence-corrected chi connectivity index (χ3v) is 3.31. The van der Waals surface area contributed by atoms with Gasteiger partial charge in [0.15, 0.2) is 11.6 Å². The Morgan fingerprint density at radius 2 is 2.16 bits per heavy atom. The van der Waals surface area contributed by atoms with Gasteiger partial charge in [-0.25, -0.2) is 9.97 Å². The first-order valence-corrected chi connectivity index (χ1v) is 6.58. The number of hydrogen-bond acceptors (Lipinski definition) is 5. The lowest BCUT2D eigenvalue weighted by atomic mass is 10.1. The molecule has 0 saturated carbocycles. The lowest BCUT2D eigenvalue weighted by Crippen LogP contribution is -2.44. The molecule has 0 spiro atoms. The van der Waals surface area contributed by atoms with Crippen LogP contribution in [0.3, 0.4) is 0 Å². The average molecular weight is 263 g/mol. The summed E-state index contributed by atoms with van der Waals surface area (Å²) in [6.45, 7) is 3.21. The van der Waals surface area contributed by atoms with Crippen molar-refractivity contribution in [2.24, 2.45) is 0 Å². The van der Waals surface area contributed by atoms with Crippen molar-refractivity contribution >= 4 is 17.5 Å². The lowest BCUT2D eigenvalue weighted by molar-refractivity contribution is -0.129. The van der Waals surface area contributed by atoms with E-state index >= 15 is 0 Å². The average Bonchev–Trinajstić information content (AvgIpc) is 2.39. The minimum absolute atomic E-state index is 0.137. The van der Waals surface area contributed by atoms with Gasteiger partial charge in [0.1, 0.15) is 0 Å². The van der Waals surface area contributed by atoms with Crippen LogP contribution in [0.4, 0.5) is 11.6 Å². The Bertz CT molecular complexity index is 448. The molecule has 1 amide bonds. The third kappa shape index (κ3) is 3.33. The monoisotopic (exact) mass is 263 g/mol. The predicted molar refractivity (Wildman–Crippen MR) is 75.3 cm³/mol. The number of anilines is 2. The number of nitrogens with zero attached hydrogens (tertiary/aromatic N) is 4. The number of aromatic nitrogens is 2. The van der Waals surface area contributed by atoms with E-state index in [4.69, 9.17) is 0 Å². The molecular weight excluding hydrogens is 242 g/mol. The van der Waals surface area contributed by atoms with Crippen LogP contribution in [-0.2, 0) is 4.79 Å². The molecule has 104 valence electrons. The van der Waals surface area contributed by atoms with Gasteiger partial charge in [-0.15, -0.1) is 0 Å². The highest BCUT2D eigenvalue weighted by molar-refractivity contribution is 5.73. The number of rotatable bonds is 3. The van der Waals surface area contributed by atoms with Crippen LogP contribution < -0.4 is 10.2 Å². The van der Waals surface area contributed by atoms with Crippen LogP contribution in [-0.4, -0.2) is 54.0 Å². The molecule has 1 saturated heterocycles. The number of hydrogen-bond donors (Lipinski definition) is 1. The minimum Gasteiger partial charge on any atom is -0.362 e. The second-order valence-corrected chi connectivity index (χ2v) is 5.07. The zero-order chi connectivity index (χ0) is 13.8. The van der Waals surface area contributed by atoms with Crippen molar-refractivity contribution in [1.82, 2.24) is 14.9 Å². The molecule has 1 aliphatic heterocycles. The Morgan fingerprint density at radius 3 is 2.84 bits per heavy atom. The molecule has 1 atom stereocenters. The summed E-state index contributed by atoms with van der Waals surface area (Å²) in [6.07, 6.45) is 5.44. The third-order valence-electron chi connectivity index (χ3n) is 3.31. The highest BCUT2D eigenvalue weighted by Crippen LogP contribution is 2.21. The standard InChI is InChI=1S/C13H21N5O/c1-10(19)18-8-4-5-11(9-18)16-12-13(17(2)3)15-7-6-14-12/h6-7,11H,4-5,8-9H2,1-3H3,(H,14,16). The molecule has 19 heavy (non-hydrogen) atoms. The molecule has 1 aliphatic rings. The summed E-state index contributed by atoms with van der Waals surface area (Å²) < 4.78 is 0. The van der Waals surface area contributed by atoms with E-state index in [1.807, 2.05) is 23.9 Å². The van der Waals surface area contributed by atoms with Crippen LogP contribution >= 0.6 is 0 Å². The largest absolute Gasteiger partial charge is 0.362 e. The molecule has 0 aromatic carbocycles. The summed E-state index contributed by atoms with van der Waals surface area (Å²) in [7, 11) is 3.88. The van der Waals surface area contributed by atoms with E-state index in [9.17, 15) is 4.79 Å². The molecule has 2 rings (SSSR count). The zero-order valence-corrected chi connectivity index (χ0v) is 11.8. The van der Waals surface area contributed by atoms with Gasteiger partial charge >= 0.3 is 0 Å². The second-order valence-electron chi connectivity index (χ2n) is 5.07. The van der Waals surface area contributed by atoms with Gasteiger partial charge < -0.3 is 15.1 Å². The van der Waals surface area contributed by atoms with Gasteiger partial charge in [-0.05, 0) is 12.8 Å². The van der Waals surface area contributed by atoms with Crippen molar-refractivity contribution in [1.29, 1.82) is 0 Å². The van der Waals surface area contributed by atoms with Gasteiger partial charge in [0.05, 0.1) is 0 Å². The number of carbonyl (C=O) groups excluding carboxylic acids is 1. The molecule has 1 fully saturated rings. The summed E-state index contributed by atoms with van der Waals surface area (Å²) in [5, 5.41) is 3.41. The maximum atomic E-state index is 11.4. The van der Waals surface area contributed by atoms with Crippen LogP contribution in [0.15, 0.2) is 12.4 Å². The van der Waals surface area contributed by atoms with Crippen LogP contribution in [0.1, 0.15) is 19.8 Å². The van der Waals surface area contributed by atoms with E-state index in [-0.39, 0.29) is 11.9 Å². The number of piperidine rings is 1. The van der Waals surface area contributed by atoms with E-state index in [1.165, 1.54) is 0 Å². The Kier molecular flexibility index (Phi) is 4.19. The smallest absolute Gasteiger partial charge is 0.219 e. The van der Waals surface area contributed by atoms with Crippen LogP contribution in [0.5, 0.6) is 0 Å². The molecule has 1 aromatic heterocycles. The Balaban J connectivity index is 2.06. The summed E-state index contributed by atoms with van der Waals surface area (Å²) in [6, 6.07) is 0.244. The van der Waals surface area contributed by atoms with Crippen molar-refractivity contribution in [3.05, 3.63) is 12.4 Å². The van der Waals surface area contributed by atoms with Crippen molar-refractivity contribution in [3.63, 3.8) is 0 Å². The van der Waals surface area contributed by atoms with Gasteiger partial charge in [-0.3, -0.25) is 4.79 Å². The molecule has 6 nitrogen and oxygen atoms in total. The van der Waals surface area contributed by atoms with E-state index in [2.05, 4.69) is 15.3 Å². The summed E-state index contributed by atoms with van der Waals surface area (Å²) in [5.41, 5.74) is 0. The van der Waals surface area contributed by atoms with Crippen molar-refractivity contribution in [3.8, 4) is 0 Å². The Hall–Kier alpha value is -1.85. The fraction of sp³-hybridized carbons (Fsp3) is 0.615. The quantitative estimate of drug-likeness (QED) is 0.880. The van der Waals surface area contributed by atoms with Crippen LogP contribution in [0, 0.1) is 0 Å². The number of carbonyl (C=O) groups is 1. The Labute approximate surface area is 113 Å². The van der Waals surface area contributed by atoms with Crippen molar-refractivity contribution in [2.75, 3.05) is 37.4 Å². The number of nitrogens with one attached hydrogen (secondary N) is 1. The van der Waals surface area contributed by atoms with E-state index in [1.54, 1.807) is 19.3 Å². The Morgan fingerprint density at radius 1 is 1.42 bits per heavy atom. The first-order valence-electron chi connectivity index (χ1n) is 6.58. The SMILES string of the molecule is CC(=O)N1CCCC(Nc2nccnc2N(C)C)C1. The molecular formula is C13H21N5O. The van der Waals surface area contributed by atoms with Crippen molar-refractivity contribution in [2.45, 2.75) is 25.8 Å². The second kappa shape index (κ2) is 5.86. The molecule has 0 radical (unpaired) electrons. The van der Waals surface area contributed by atoms with E-state index in [0.717, 1.165) is 37.6 Å². The summed E-state index contributed by atoms with van der Waals surface area (Å²) in [5.74, 6) is 1.74. The first kappa shape index (κ1) is 13.6.